The van der Waals surface area contributed by atoms with E-state index in [0.717, 1.165) is 11.1 Å². The second-order valence-corrected chi connectivity index (χ2v) is 4.87. The fourth-order valence-corrected chi connectivity index (χ4v) is 1.58. The first-order chi connectivity index (χ1) is 8.82. The van der Waals surface area contributed by atoms with Crippen LogP contribution in [0.2, 0.25) is 0 Å². The Morgan fingerprint density at radius 2 is 1.68 bits per heavy atom. The van der Waals surface area contributed by atoms with Gasteiger partial charge in [0.15, 0.2) is 0 Å². The average molecular weight is 263 g/mol. The quantitative estimate of drug-likeness (QED) is 0.862. The number of amides is 2. The van der Waals surface area contributed by atoms with Gasteiger partial charge in [0.05, 0.1) is 6.54 Å². The van der Waals surface area contributed by atoms with Gasteiger partial charge in [-0.2, -0.15) is 0 Å². The van der Waals surface area contributed by atoms with Gasteiger partial charge in [-0.1, -0.05) is 29.8 Å². The van der Waals surface area contributed by atoms with Crippen molar-refractivity contribution in [2.24, 2.45) is 5.73 Å². The Morgan fingerprint density at radius 3 is 2.16 bits per heavy atom. The molecule has 1 unspecified atom stereocenters. The van der Waals surface area contributed by atoms with E-state index in [1.807, 2.05) is 31.2 Å². The van der Waals surface area contributed by atoms with E-state index in [2.05, 4.69) is 0 Å². The Hall–Kier alpha value is -1.88. The molecule has 1 aromatic rings. The normalized spacial score (nSPS) is 11.8. The van der Waals surface area contributed by atoms with Gasteiger partial charge < -0.3 is 15.5 Å². The third-order valence-corrected chi connectivity index (χ3v) is 2.95. The van der Waals surface area contributed by atoms with Crippen molar-refractivity contribution in [2.45, 2.75) is 13.0 Å². The van der Waals surface area contributed by atoms with Crippen molar-refractivity contribution in [3.05, 3.63) is 35.4 Å². The van der Waals surface area contributed by atoms with Crippen molar-refractivity contribution in [3.63, 3.8) is 0 Å². The van der Waals surface area contributed by atoms with Crippen LogP contribution in [0.3, 0.4) is 0 Å². The first-order valence-corrected chi connectivity index (χ1v) is 6.10. The van der Waals surface area contributed by atoms with Crippen LogP contribution >= 0.6 is 0 Å². The summed E-state index contributed by atoms with van der Waals surface area (Å²) < 4.78 is 0. The van der Waals surface area contributed by atoms with E-state index >= 15 is 0 Å². The summed E-state index contributed by atoms with van der Waals surface area (Å²) in [6.07, 6.45) is 0. The SMILES string of the molecule is Cc1ccc(C(N)C(=O)N(C)CC(=O)N(C)C)cc1. The summed E-state index contributed by atoms with van der Waals surface area (Å²) in [6, 6.07) is 6.75. The van der Waals surface area contributed by atoms with Gasteiger partial charge in [-0.25, -0.2) is 0 Å². The Morgan fingerprint density at radius 1 is 1.16 bits per heavy atom. The number of nitrogens with zero attached hydrogens (tertiary/aromatic N) is 2. The average Bonchev–Trinajstić information content (AvgIpc) is 2.37. The summed E-state index contributed by atoms with van der Waals surface area (Å²) >= 11 is 0. The highest BCUT2D eigenvalue weighted by Crippen LogP contribution is 2.13. The van der Waals surface area contributed by atoms with Gasteiger partial charge in [-0.15, -0.1) is 0 Å². The lowest BCUT2D eigenvalue weighted by atomic mass is 10.0. The van der Waals surface area contributed by atoms with Gasteiger partial charge in [-0.05, 0) is 12.5 Å². The highest BCUT2D eigenvalue weighted by molar-refractivity contribution is 5.87. The molecule has 5 heteroatoms. The smallest absolute Gasteiger partial charge is 0.244 e. The van der Waals surface area contributed by atoms with E-state index in [4.69, 9.17) is 5.73 Å². The van der Waals surface area contributed by atoms with Gasteiger partial charge in [0.2, 0.25) is 11.8 Å². The molecule has 0 aliphatic heterocycles. The molecule has 1 aromatic carbocycles. The van der Waals surface area contributed by atoms with Crippen LogP contribution in [0.1, 0.15) is 17.2 Å². The van der Waals surface area contributed by atoms with Crippen LogP contribution < -0.4 is 5.73 Å². The molecule has 1 atom stereocenters. The third-order valence-electron chi connectivity index (χ3n) is 2.95. The van der Waals surface area contributed by atoms with Crippen molar-refractivity contribution < 1.29 is 9.59 Å². The molecular formula is C14H21N3O2. The van der Waals surface area contributed by atoms with Crippen LogP contribution in [-0.2, 0) is 9.59 Å². The molecule has 104 valence electrons. The molecule has 0 radical (unpaired) electrons. The summed E-state index contributed by atoms with van der Waals surface area (Å²) in [7, 11) is 4.89. The number of carbonyl (C=O) groups excluding carboxylic acids is 2. The number of rotatable bonds is 4. The summed E-state index contributed by atoms with van der Waals surface area (Å²) in [4.78, 5) is 26.5. The second-order valence-electron chi connectivity index (χ2n) is 4.87. The first kappa shape index (κ1) is 15.2. The summed E-state index contributed by atoms with van der Waals surface area (Å²) in [6.45, 7) is 2.00. The molecular weight excluding hydrogens is 242 g/mol. The fourth-order valence-electron chi connectivity index (χ4n) is 1.58. The second kappa shape index (κ2) is 6.33. The van der Waals surface area contributed by atoms with Crippen molar-refractivity contribution in [3.8, 4) is 0 Å². The van der Waals surface area contributed by atoms with Crippen LogP contribution in [0.5, 0.6) is 0 Å². The lowest BCUT2D eigenvalue weighted by Gasteiger charge is -2.22. The molecule has 0 heterocycles. The van der Waals surface area contributed by atoms with Gasteiger partial charge in [-0.3, -0.25) is 9.59 Å². The van der Waals surface area contributed by atoms with E-state index in [1.165, 1.54) is 9.80 Å². The zero-order chi connectivity index (χ0) is 14.6. The van der Waals surface area contributed by atoms with Crippen LogP contribution in [-0.4, -0.2) is 49.3 Å². The molecule has 0 saturated heterocycles. The lowest BCUT2D eigenvalue weighted by molar-refractivity contribution is -0.138. The molecule has 19 heavy (non-hydrogen) atoms. The molecule has 1 rings (SSSR count). The highest BCUT2D eigenvalue weighted by Gasteiger charge is 2.21. The maximum atomic E-state index is 12.1. The molecule has 2 N–H and O–H groups in total. The minimum absolute atomic E-state index is 0.0331. The monoisotopic (exact) mass is 263 g/mol. The van der Waals surface area contributed by atoms with Gasteiger partial charge in [0.1, 0.15) is 6.04 Å². The van der Waals surface area contributed by atoms with Gasteiger partial charge in [0, 0.05) is 21.1 Å². The van der Waals surface area contributed by atoms with E-state index in [1.54, 1.807) is 21.1 Å². The molecule has 2 amide bonds. The van der Waals surface area contributed by atoms with Gasteiger partial charge >= 0.3 is 0 Å². The topological polar surface area (TPSA) is 66.6 Å². The van der Waals surface area contributed by atoms with Crippen molar-refractivity contribution in [1.29, 1.82) is 0 Å². The minimum Gasteiger partial charge on any atom is -0.347 e. The Kier molecular flexibility index (Phi) is 5.06. The van der Waals surface area contributed by atoms with E-state index in [-0.39, 0.29) is 18.4 Å². The summed E-state index contributed by atoms with van der Waals surface area (Å²) in [5.74, 6) is -0.397. The van der Waals surface area contributed by atoms with E-state index in [0.29, 0.717) is 0 Å². The zero-order valence-corrected chi connectivity index (χ0v) is 11.9. The van der Waals surface area contributed by atoms with E-state index in [9.17, 15) is 9.59 Å². The number of carbonyl (C=O) groups is 2. The Balaban J connectivity index is 2.71. The number of nitrogens with two attached hydrogens (primary N) is 1. The molecule has 0 bridgehead atoms. The lowest BCUT2D eigenvalue weighted by Crippen LogP contribution is -2.41. The molecule has 0 aliphatic carbocycles. The predicted molar refractivity (Wildman–Crippen MR) is 74.4 cm³/mol. The van der Waals surface area contributed by atoms with Crippen molar-refractivity contribution in [2.75, 3.05) is 27.7 Å². The largest absolute Gasteiger partial charge is 0.347 e. The highest BCUT2D eigenvalue weighted by atomic mass is 16.2. The van der Waals surface area contributed by atoms with E-state index < -0.39 is 6.04 Å². The maximum Gasteiger partial charge on any atom is 0.244 e. The van der Waals surface area contributed by atoms with Crippen LogP contribution in [0.15, 0.2) is 24.3 Å². The van der Waals surface area contributed by atoms with Crippen LogP contribution in [0, 0.1) is 6.92 Å². The van der Waals surface area contributed by atoms with Gasteiger partial charge in [0.25, 0.3) is 0 Å². The Bertz CT molecular complexity index is 454. The third kappa shape index (κ3) is 4.06. The predicted octanol–water partition coefficient (Wildman–Crippen LogP) is 0.541. The molecule has 0 saturated carbocycles. The number of aryl methyl sites for hydroxylation is 1. The fraction of sp³-hybridized carbons (Fsp3) is 0.429. The molecule has 5 nitrogen and oxygen atoms in total. The first-order valence-electron chi connectivity index (χ1n) is 6.10. The van der Waals surface area contributed by atoms with Crippen molar-refractivity contribution in [1.82, 2.24) is 9.80 Å². The summed E-state index contributed by atoms with van der Waals surface area (Å²) in [5.41, 5.74) is 7.79. The molecule has 0 spiro atoms. The standard InChI is InChI=1S/C14H21N3O2/c1-10-5-7-11(8-6-10)13(15)14(19)17(4)9-12(18)16(2)3/h5-8,13H,9,15H2,1-4H3. The number of likely N-dealkylation sites (N-methyl/N-ethyl adjacent to an activating group) is 2. The van der Waals surface area contributed by atoms with Crippen LogP contribution in [0.4, 0.5) is 0 Å². The molecule has 0 aromatic heterocycles. The maximum absolute atomic E-state index is 12.1. The molecule has 0 fully saturated rings. The number of hydrogen-bond donors (Lipinski definition) is 1. The van der Waals surface area contributed by atoms with Crippen molar-refractivity contribution >= 4 is 11.8 Å². The van der Waals surface area contributed by atoms with Crippen LogP contribution in [0.25, 0.3) is 0 Å². The Labute approximate surface area is 114 Å². The molecule has 0 aliphatic rings. The summed E-state index contributed by atoms with van der Waals surface area (Å²) in [5, 5.41) is 0. The zero-order valence-electron chi connectivity index (χ0n) is 11.9. The number of benzene rings is 1. The minimum atomic E-state index is -0.736. The number of hydrogen-bond acceptors (Lipinski definition) is 3.